The van der Waals surface area contributed by atoms with Crippen molar-refractivity contribution in [3.8, 4) is 17.2 Å². The van der Waals surface area contributed by atoms with Crippen molar-refractivity contribution in [3.05, 3.63) is 197 Å². The molecule has 9 N–H and O–H groups in total. The minimum Gasteiger partial charge on any atom is -0.462 e. The van der Waals surface area contributed by atoms with Crippen LogP contribution in [0.2, 0.25) is 0 Å². The summed E-state index contributed by atoms with van der Waals surface area (Å²) in [7, 11) is -4.97. The van der Waals surface area contributed by atoms with Crippen LogP contribution in [0.4, 0.5) is 0 Å². The van der Waals surface area contributed by atoms with Crippen LogP contribution >= 0.6 is 0 Å². The Bertz CT molecular complexity index is 5120. The molecule has 0 saturated carbocycles. The number of hydrogen-bond acceptors (Lipinski definition) is 32. The van der Waals surface area contributed by atoms with E-state index in [1.807, 2.05) is 79.4 Å². The van der Waals surface area contributed by atoms with Gasteiger partial charge in [-0.25, -0.2) is 4.18 Å². The minimum atomic E-state index is -4.97. The van der Waals surface area contributed by atoms with Crippen molar-refractivity contribution in [2.24, 2.45) is 0 Å². The Morgan fingerprint density at radius 3 is 0.915 bits per heavy atom. The van der Waals surface area contributed by atoms with Gasteiger partial charge in [-0.2, -0.15) is 37.2 Å². The number of benzene rings is 6. The van der Waals surface area contributed by atoms with Crippen LogP contribution in [0, 0.1) is 0 Å². The lowest BCUT2D eigenvalue weighted by Gasteiger charge is -2.36. The summed E-state index contributed by atoms with van der Waals surface area (Å²) >= 11 is 0. The second-order valence-corrected chi connectivity index (χ2v) is 35.2. The first kappa shape index (κ1) is 114. The van der Waals surface area contributed by atoms with Crippen molar-refractivity contribution in [2.75, 3.05) is 59.1 Å². The molecule has 0 bridgehead atoms. The van der Waals surface area contributed by atoms with Gasteiger partial charge >= 0.3 is 28.9 Å². The van der Waals surface area contributed by atoms with E-state index in [1.165, 1.54) is 12.1 Å². The van der Waals surface area contributed by atoms with Gasteiger partial charge in [0.05, 0.1) is 26.7 Å². The van der Waals surface area contributed by atoms with Gasteiger partial charge in [-0.3, -0.25) is 47.7 Å². The molecule has 6 aromatic rings. The summed E-state index contributed by atoms with van der Waals surface area (Å²) in [6.45, 7) is 8.22. The quantitative estimate of drug-likeness (QED) is 0.00973. The maximum Gasteiger partial charge on any atom is 0.397 e. The second-order valence-electron chi connectivity index (χ2n) is 34.2. The first-order chi connectivity index (χ1) is 70.3. The Hall–Kier alpha value is -11.3. The third-order valence-corrected chi connectivity index (χ3v) is 23.5. The van der Waals surface area contributed by atoms with E-state index < -0.39 is 120 Å². The number of unbranched alkanes of at least 4 members (excludes halogenated alkanes) is 15. The zero-order valence-electron chi connectivity index (χ0n) is 85.9. The summed E-state index contributed by atoms with van der Waals surface area (Å²) < 4.78 is 108. The van der Waals surface area contributed by atoms with E-state index >= 15 is 0 Å². The Labute approximate surface area is 837 Å². The maximum absolute atomic E-state index is 12.9. The lowest BCUT2D eigenvalue weighted by atomic mass is 10.0. The zero-order chi connectivity index (χ0) is 109. The van der Waals surface area contributed by atoms with Crippen molar-refractivity contribution < 1.29 is 165 Å². The monoisotopic (exact) mass is 2010 g/mol. The fraction of sp³-hybridized carbons (Fsp3) is 0.543. The number of carbonyl (C=O) groups excluding carboxylic acids is 15. The molecule has 0 radical (unpaired) electrons. The molecule has 3 aliphatic rings. The van der Waals surface area contributed by atoms with E-state index in [2.05, 4.69) is 11.1 Å². The molecule has 3 heterocycles. The number of ketones is 6. The summed E-state index contributed by atoms with van der Waals surface area (Å²) in [5.41, 5.74) is 3.49. The molecule has 3 saturated heterocycles. The molecule has 3 amide bonds. The molecule has 12 unspecified atom stereocenters. The van der Waals surface area contributed by atoms with Crippen LogP contribution in [0.5, 0.6) is 17.2 Å². The average molecular weight is 2010 g/mol. The predicted molar refractivity (Wildman–Crippen MR) is 514 cm³/mol. The number of nitrogens with zero attached hydrogens (tertiary/aromatic N) is 3. The Morgan fingerprint density at radius 2 is 0.613 bits per heavy atom. The van der Waals surface area contributed by atoms with Crippen molar-refractivity contribution >= 4 is 81.3 Å². The lowest BCUT2D eigenvalue weighted by molar-refractivity contribution is -0.242. The van der Waals surface area contributed by atoms with E-state index in [0.29, 0.717) is 94.9 Å². The highest BCUT2D eigenvalue weighted by molar-refractivity contribution is 7.80. The lowest BCUT2D eigenvalue weighted by Crippen LogP contribution is -2.56. The molecule has 0 aromatic heterocycles. The highest BCUT2D eigenvalue weighted by Crippen LogP contribution is 2.28. The van der Waals surface area contributed by atoms with Crippen molar-refractivity contribution in [1.82, 2.24) is 14.7 Å². The minimum absolute atomic E-state index is 0.0140. The largest absolute Gasteiger partial charge is 0.462 e. The molecule has 0 spiro atoms. The number of hydrogen-bond donors (Lipinski definition) is 9. The number of aliphatic hydroxyl groups excluding tert-OH is 8. The molecule has 0 aliphatic carbocycles. The highest BCUT2D eigenvalue weighted by atomic mass is 32.3. The first-order valence-electron chi connectivity index (χ1n) is 50.7. The molecule has 9 rings (SSSR count). The van der Waals surface area contributed by atoms with Crippen LogP contribution in [0.25, 0.3) is 0 Å². The number of Topliss-reactive ketones (excluding diaryl/α,β-unsaturated/α-hetero) is 6. The summed E-state index contributed by atoms with van der Waals surface area (Å²) in [4.78, 5) is 168. The average Bonchev–Trinajstić information content (AvgIpc) is 0.786. The standard InChI is InChI=1S/C34H47NO11S.2C34H47NO8.3CO2/c1-2-3-15-31(39)35(21-11-6-4-5-10-14-29(37)26-12-8-7-9-13-26)22-20-27(36)23-25-16-18-28(19-17-25)45-34-33(46-47(41,42)43)32(40)30(38)24-44-34;2*1-2-3-15-31(39)35(21-11-6-4-5-10-14-29(37)26-12-8-7-9-13-26)22-20-27(36)23-25-16-18-28(19-17-25)43-34-33(41)32(40)30(38)24-42-34;3*2-1-3/h7-9,12-13,16-19,30,32-34,38,40H,2-6,10-11,14-15,20-24H2,1H3,(H,41,42,43);2*7-9,12-13,16-19,30,32-34,38,40-41H,2-6,10-11,14-15,20-24H2,1H3;;;/i;7D,8D,9D,12D,13D;;;;. The molecule has 36 nitrogen and oxygen atoms in total. The molecular formula is C105H141N3O33S. The predicted octanol–water partition coefficient (Wildman–Crippen LogP) is 10.8. The third kappa shape index (κ3) is 50.6. The maximum atomic E-state index is 12.9. The molecule has 780 valence electrons. The van der Waals surface area contributed by atoms with Gasteiger partial charge < -0.3 is 84.0 Å². The number of rotatable bonds is 59. The van der Waals surface area contributed by atoms with Gasteiger partial charge in [-0.05, 0) is 111 Å². The number of ether oxygens (including phenoxy) is 6. The second kappa shape index (κ2) is 72.0. The fourth-order valence-electron chi connectivity index (χ4n) is 15.0. The van der Waals surface area contributed by atoms with E-state index in [1.54, 1.807) is 70.5 Å². The summed E-state index contributed by atoms with van der Waals surface area (Å²) in [5.74, 6) is 0.985. The first-order valence-corrected chi connectivity index (χ1v) is 49.6. The topological polar surface area (TPSA) is 547 Å². The van der Waals surface area contributed by atoms with Gasteiger partial charge in [0, 0.05) is 133 Å². The molecule has 12 atom stereocenters. The molecule has 3 aliphatic heterocycles. The van der Waals surface area contributed by atoms with Crippen molar-refractivity contribution in [2.45, 2.75) is 306 Å². The van der Waals surface area contributed by atoms with Crippen molar-refractivity contribution in [1.29, 1.82) is 0 Å². The van der Waals surface area contributed by atoms with Gasteiger partial charge in [0.25, 0.3) is 0 Å². The number of carbonyl (C=O) groups is 9. The summed E-state index contributed by atoms with van der Waals surface area (Å²) in [6.07, 6.45) is 5.97. The molecule has 142 heavy (non-hydrogen) atoms. The summed E-state index contributed by atoms with van der Waals surface area (Å²) in [6, 6.07) is 36.0. The van der Waals surface area contributed by atoms with Gasteiger partial charge in [0.2, 0.25) is 36.6 Å². The smallest absolute Gasteiger partial charge is 0.397 e. The van der Waals surface area contributed by atoms with Crippen molar-refractivity contribution in [3.63, 3.8) is 0 Å². The highest BCUT2D eigenvalue weighted by Gasteiger charge is 2.45. The molecular weight excluding hydrogens is 1860 g/mol. The SMILES string of the molecule is CCCCC(=O)N(CCCCCCCC(=O)c1ccccc1)CCC(=O)Cc1ccc(OC2OCC(O)C(O)C2O)cc1.CCCCC(=O)N(CCCCCCCC(=O)c1ccccc1)CCC(=O)Cc1ccc(OC2OCC(O)C(O)C2OS(=O)(=O)O)cc1.O=C=O.O=C=O.O=C=O.[2H]c1c([2H])c([2H])c(C(=O)CCCCCCCN(CCC(=O)Cc2ccc(OC3OCC(O)C(O)C3O)cc2)C(=O)CCCC)c([2H])c1[2H]. The molecule has 37 heteroatoms. The number of amides is 3. The zero-order valence-corrected chi connectivity index (χ0v) is 81.7. The Morgan fingerprint density at radius 1 is 0.338 bits per heavy atom. The van der Waals surface area contributed by atoms with E-state index in [-0.39, 0.29) is 141 Å². The van der Waals surface area contributed by atoms with Crippen LogP contribution in [-0.4, -0.2) is 272 Å². The Balaban J connectivity index is 0.000000441. The van der Waals surface area contributed by atoms with Crippen LogP contribution in [-0.2, 0) is 106 Å². The number of aliphatic hydroxyl groups is 8. The fourth-order valence-corrected chi connectivity index (χ4v) is 15.5. The molecule has 3 fully saturated rings. The normalized spacial score (nSPS) is 19.3. The van der Waals surface area contributed by atoms with Gasteiger partial charge in [0.15, 0.2) is 23.5 Å². The van der Waals surface area contributed by atoms with E-state index in [4.69, 9.17) is 68.6 Å². The van der Waals surface area contributed by atoms with E-state index in [9.17, 15) is 92.4 Å². The summed E-state index contributed by atoms with van der Waals surface area (Å²) in [5, 5.41) is 78.8. The van der Waals surface area contributed by atoms with Gasteiger partial charge in [-0.1, -0.05) is 225 Å². The van der Waals surface area contributed by atoms with Crippen LogP contribution < -0.4 is 14.2 Å². The van der Waals surface area contributed by atoms with Crippen LogP contribution in [0.1, 0.15) is 268 Å². The van der Waals surface area contributed by atoms with Crippen LogP contribution in [0.15, 0.2) is 164 Å². The third-order valence-electron chi connectivity index (χ3n) is 23.0. The Kier molecular flexibility index (Phi) is 58.0. The van der Waals surface area contributed by atoms with Gasteiger partial charge in [0.1, 0.15) is 83.4 Å². The van der Waals surface area contributed by atoms with Crippen LogP contribution in [0.3, 0.4) is 0 Å². The van der Waals surface area contributed by atoms with Gasteiger partial charge in [-0.15, -0.1) is 0 Å². The molecule has 6 aromatic carbocycles. The van der Waals surface area contributed by atoms with E-state index in [0.717, 1.165) is 151 Å².